The van der Waals surface area contributed by atoms with Crippen LogP contribution in [0.25, 0.3) is 10.9 Å². The van der Waals surface area contributed by atoms with Crippen molar-refractivity contribution in [2.75, 3.05) is 6.54 Å². The number of aromatic amines is 1. The Morgan fingerprint density at radius 3 is 2.85 bits per heavy atom. The second kappa shape index (κ2) is 6.25. The average molecular weight is 350 g/mol. The van der Waals surface area contributed by atoms with Crippen LogP contribution in [0.5, 0.6) is 0 Å². The average Bonchev–Trinajstić information content (AvgIpc) is 3.13. The number of carbonyl (C=O) groups is 1. The number of likely N-dealkylation sites (tertiary alicyclic amines) is 1. The maximum absolute atomic E-state index is 12.9. The molecule has 4 rings (SSSR count). The van der Waals surface area contributed by atoms with Crippen LogP contribution in [0.15, 0.2) is 52.2 Å². The number of fused-ring (bicyclic) bond motifs is 1. The molecule has 7 heteroatoms. The molecule has 1 aliphatic heterocycles. The number of carbonyl (C=O) groups excluding carboxylic acids is 1. The molecule has 1 N–H and O–H groups in total. The van der Waals surface area contributed by atoms with Crippen molar-refractivity contribution in [3.63, 3.8) is 0 Å². The fourth-order valence-electron chi connectivity index (χ4n) is 3.55. The van der Waals surface area contributed by atoms with E-state index in [4.69, 9.17) is 0 Å². The fourth-order valence-corrected chi connectivity index (χ4v) is 3.55. The van der Waals surface area contributed by atoms with Gasteiger partial charge in [0.1, 0.15) is 5.82 Å². The van der Waals surface area contributed by atoms with E-state index in [-0.39, 0.29) is 23.1 Å². The molecule has 1 aromatic carbocycles. The third-order valence-corrected chi connectivity index (χ3v) is 4.85. The molecule has 1 saturated heterocycles. The van der Waals surface area contributed by atoms with E-state index >= 15 is 0 Å². The Labute approximate surface area is 148 Å². The first kappa shape index (κ1) is 16.3. The summed E-state index contributed by atoms with van der Waals surface area (Å²) in [6, 6.07) is 9.80. The van der Waals surface area contributed by atoms with Gasteiger partial charge >= 0.3 is 0 Å². The van der Waals surface area contributed by atoms with Gasteiger partial charge in [-0.1, -0.05) is 12.1 Å². The molecule has 0 saturated carbocycles. The van der Waals surface area contributed by atoms with Crippen LogP contribution in [-0.4, -0.2) is 31.9 Å². The third kappa shape index (κ3) is 2.61. The SMILES string of the molecule is Cn1c(C2CCCN2C(=O)c2cc[nH]c(=O)c2)nc2ccccc2c1=O. The molecule has 132 valence electrons. The number of amides is 1. The summed E-state index contributed by atoms with van der Waals surface area (Å²) in [7, 11) is 1.69. The summed E-state index contributed by atoms with van der Waals surface area (Å²) in [6.45, 7) is 0.568. The third-order valence-electron chi connectivity index (χ3n) is 4.85. The van der Waals surface area contributed by atoms with E-state index in [1.54, 1.807) is 30.1 Å². The Morgan fingerprint density at radius 2 is 2.04 bits per heavy atom. The maximum atomic E-state index is 12.9. The first-order valence-corrected chi connectivity index (χ1v) is 8.51. The van der Waals surface area contributed by atoms with Gasteiger partial charge in [-0.05, 0) is 31.0 Å². The molecule has 3 heterocycles. The van der Waals surface area contributed by atoms with Gasteiger partial charge in [-0.25, -0.2) is 4.98 Å². The summed E-state index contributed by atoms with van der Waals surface area (Å²) < 4.78 is 1.52. The standard InChI is InChI=1S/C19H18N4O3/c1-22-17(21-14-6-3-2-5-13(14)19(22)26)15-7-4-10-23(15)18(25)12-8-9-20-16(24)11-12/h2-3,5-6,8-9,11,15H,4,7,10H2,1H3,(H,20,24). The lowest BCUT2D eigenvalue weighted by Crippen LogP contribution is -2.35. The van der Waals surface area contributed by atoms with Crippen LogP contribution in [0.4, 0.5) is 0 Å². The Balaban J connectivity index is 1.79. The minimum Gasteiger partial charge on any atom is -0.329 e. The van der Waals surface area contributed by atoms with E-state index in [9.17, 15) is 14.4 Å². The number of hydrogen-bond acceptors (Lipinski definition) is 4. The highest BCUT2D eigenvalue weighted by Crippen LogP contribution is 2.31. The number of pyridine rings is 1. The lowest BCUT2D eigenvalue weighted by atomic mass is 10.1. The Bertz CT molecular complexity index is 1120. The minimum atomic E-state index is -0.317. The minimum absolute atomic E-state index is 0.124. The van der Waals surface area contributed by atoms with Gasteiger partial charge in [-0.2, -0.15) is 0 Å². The second-order valence-electron chi connectivity index (χ2n) is 6.45. The van der Waals surface area contributed by atoms with Crippen molar-refractivity contribution in [1.29, 1.82) is 0 Å². The molecule has 1 amide bonds. The van der Waals surface area contributed by atoms with E-state index in [0.717, 1.165) is 12.8 Å². The quantitative estimate of drug-likeness (QED) is 0.760. The Kier molecular flexibility index (Phi) is 3.91. The lowest BCUT2D eigenvalue weighted by molar-refractivity contribution is 0.0727. The summed E-state index contributed by atoms with van der Waals surface area (Å²) in [5.41, 5.74) is 0.524. The normalized spacial score (nSPS) is 17.0. The second-order valence-corrected chi connectivity index (χ2v) is 6.45. The van der Waals surface area contributed by atoms with Crippen molar-refractivity contribution in [3.8, 4) is 0 Å². The van der Waals surface area contributed by atoms with Crippen molar-refractivity contribution in [1.82, 2.24) is 19.4 Å². The van der Waals surface area contributed by atoms with Crippen molar-refractivity contribution in [2.24, 2.45) is 7.05 Å². The maximum Gasteiger partial charge on any atom is 0.261 e. The number of benzene rings is 1. The number of nitrogens with zero attached hydrogens (tertiary/aromatic N) is 3. The van der Waals surface area contributed by atoms with Crippen molar-refractivity contribution >= 4 is 16.8 Å². The van der Waals surface area contributed by atoms with Crippen LogP contribution in [-0.2, 0) is 7.05 Å². The molecule has 26 heavy (non-hydrogen) atoms. The van der Waals surface area contributed by atoms with Gasteiger partial charge in [0.2, 0.25) is 5.56 Å². The fraction of sp³-hybridized carbons (Fsp3) is 0.263. The number of H-pyrrole nitrogens is 1. The van der Waals surface area contributed by atoms with Crippen LogP contribution in [0.1, 0.15) is 35.1 Å². The monoisotopic (exact) mass is 350 g/mol. The largest absolute Gasteiger partial charge is 0.329 e. The van der Waals surface area contributed by atoms with Crippen LogP contribution < -0.4 is 11.1 Å². The molecule has 3 aromatic rings. The van der Waals surface area contributed by atoms with Gasteiger partial charge in [0.05, 0.1) is 16.9 Å². The zero-order chi connectivity index (χ0) is 18.3. The lowest BCUT2D eigenvalue weighted by Gasteiger charge is -2.25. The summed E-state index contributed by atoms with van der Waals surface area (Å²) in [6.07, 6.45) is 3.01. The molecule has 0 aliphatic carbocycles. The van der Waals surface area contributed by atoms with E-state index in [1.165, 1.54) is 16.8 Å². The molecular weight excluding hydrogens is 332 g/mol. The highest BCUT2D eigenvalue weighted by Gasteiger charge is 2.33. The zero-order valence-electron chi connectivity index (χ0n) is 14.3. The number of para-hydroxylation sites is 1. The van der Waals surface area contributed by atoms with Crippen LogP contribution in [0, 0.1) is 0 Å². The van der Waals surface area contributed by atoms with Gasteiger partial charge < -0.3 is 9.88 Å². The first-order valence-electron chi connectivity index (χ1n) is 8.51. The summed E-state index contributed by atoms with van der Waals surface area (Å²) in [5.74, 6) is 0.352. The molecular formula is C19H18N4O3. The van der Waals surface area contributed by atoms with Crippen molar-refractivity contribution in [3.05, 3.63) is 74.7 Å². The topological polar surface area (TPSA) is 88.1 Å². The van der Waals surface area contributed by atoms with Crippen molar-refractivity contribution < 1.29 is 4.79 Å². The van der Waals surface area contributed by atoms with E-state index in [1.807, 2.05) is 12.1 Å². The molecule has 1 atom stereocenters. The van der Waals surface area contributed by atoms with Gasteiger partial charge in [0, 0.05) is 31.4 Å². The van der Waals surface area contributed by atoms with Gasteiger partial charge in [0.25, 0.3) is 11.5 Å². The number of nitrogens with one attached hydrogen (secondary N) is 1. The first-order chi connectivity index (χ1) is 12.6. The summed E-state index contributed by atoms with van der Waals surface area (Å²) in [5, 5.41) is 0.559. The number of rotatable bonds is 2. The highest BCUT2D eigenvalue weighted by atomic mass is 16.2. The number of aromatic nitrogens is 3. The Morgan fingerprint density at radius 1 is 1.23 bits per heavy atom. The predicted octanol–water partition coefficient (Wildman–Crippen LogP) is 1.60. The zero-order valence-corrected chi connectivity index (χ0v) is 14.3. The van der Waals surface area contributed by atoms with Gasteiger partial charge in [-0.3, -0.25) is 19.0 Å². The molecule has 1 fully saturated rings. The predicted molar refractivity (Wildman–Crippen MR) is 97.1 cm³/mol. The van der Waals surface area contributed by atoms with E-state index in [0.29, 0.717) is 28.8 Å². The smallest absolute Gasteiger partial charge is 0.261 e. The summed E-state index contributed by atoms with van der Waals surface area (Å²) in [4.78, 5) is 46.0. The summed E-state index contributed by atoms with van der Waals surface area (Å²) >= 11 is 0. The van der Waals surface area contributed by atoms with E-state index < -0.39 is 0 Å². The van der Waals surface area contributed by atoms with E-state index in [2.05, 4.69) is 9.97 Å². The van der Waals surface area contributed by atoms with Crippen LogP contribution >= 0.6 is 0 Å². The molecule has 1 unspecified atom stereocenters. The Hall–Kier alpha value is -3.22. The highest BCUT2D eigenvalue weighted by molar-refractivity contribution is 5.94. The van der Waals surface area contributed by atoms with Gasteiger partial charge in [0.15, 0.2) is 0 Å². The molecule has 0 radical (unpaired) electrons. The molecule has 2 aromatic heterocycles. The number of hydrogen-bond donors (Lipinski definition) is 1. The molecule has 1 aliphatic rings. The van der Waals surface area contributed by atoms with Crippen LogP contribution in [0.3, 0.4) is 0 Å². The molecule has 0 bridgehead atoms. The molecule has 7 nitrogen and oxygen atoms in total. The van der Waals surface area contributed by atoms with Crippen LogP contribution in [0.2, 0.25) is 0 Å². The van der Waals surface area contributed by atoms with Crippen molar-refractivity contribution in [2.45, 2.75) is 18.9 Å². The molecule has 0 spiro atoms. The van der Waals surface area contributed by atoms with Gasteiger partial charge in [-0.15, -0.1) is 0 Å².